The number of nitrogens with two attached hydrogens (primary N) is 1. The van der Waals surface area contributed by atoms with Crippen LogP contribution >= 0.6 is 0 Å². The zero-order valence-electron chi connectivity index (χ0n) is 11.0. The normalized spacial score (nSPS) is 24.5. The van der Waals surface area contributed by atoms with Gasteiger partial charge in [0.25, 0.3) is 0 Å². The minimum Gasteiger partial charge on any atom is -0.493 e. The first-order valence-electron chi connectivity index (χ1n) is 6.95. The van der Waals surface area contributed by atoms with Crippen molar-refractivity contribution in [2.45, 2.75) is 31.3 Å². The largest absolute Gasteiger partial charge is 0.493 e. The molecule has 3 heteroatoms. The summed E-state index contributed by atoms with van der Waals surface area (Å²) in [5.41, 5.74) is 7.29. The van der Waals surface area contributed by atoms with Crippen LogP contribution in [0.3, 0.4) is 0 Å². The summed E-state index contributed by atoms with van der Waals surface area (Å²) in [5, 5.41) is 0. The molecule has 98 valence electrons. The molecule has 1 aliphatic heterocycles. The third-order valence-corrected chi connectivity index (χ3v) is 4.35. The monoisotopic (exact) mass is 246 g/mol. The second-order valence-electron chi connectivity index (χ2n) is 5.50. The van der Waals surface area contributed by atoms with Crippen LogP contribution in [0.5, 0.6) is 5.75 Å². The van der Waals surface area contributed by atoms with Gasteiger partial charge < -0.3 is 10.5 Å². The second kappa shape index (κ2) is 4.90. The van der Waals surface area contributed by atoms with Crippen molar-refractivity contribution in [3.05, 3.63) is 29.8 Å². The van der Waals surface area contributed by atoms with E-state index >= 15 is 0 Å². The minimum absolute atomic E-state index is 0.462. The highest BCUT2D eigenvalue weighted by atomic mass is 16.5. The highest BCUT2D eigenvalue weighted by Gasteiger charge is 2.37. The summed E-state index contributed by atoms with van der Waals surface area (Å²) in [4.78, 5) is 2.49. The Kier molecular flexibility index (Phi) is 3.27. The highest BCUT2D eigenvalue weighted by Crippen LogP contribution is 2.41. The third-order valence-electron chi connectivity index (χ3n) is 4.35. The van der Waals surface area contributed by atoms with Crippen molar-refractivity contribution >= 4 is 0 Å². The maximum absolute atomic E-state index is 5.97. The van der Waals surface area contributed by atoms with Gasteiger partial charge in [0, 0.05) is 30.6 Å². The zero-order valence-corrected chi connectivity index (χ0v) is 11.0. The van der Waals surface area contributed by atoms with Crippen molar-refractivity contribution in [3.63, 3.8) is 0 Å². The molecule has 0 aromatic heterocycles. The van der Waals surface area contributed by atoms with Crippen LogP contribution in [0.15, 0.2) is 24.3 Å². The number of nitrogens with zero attached hydrogens (tertiary/aromatic N) is 1. The molecule has 2 aliphatic rings. The first-order valence-corrected chi connectivity index (χ1v) is 6.95. The third kappa shape index (κ3) is 2.13. The molecule has 3 nitrogen and oxygen atoms in total. The molecule has 3 rings (SSSR count). The van der Waals surface area contributed by atoms with Gasteiger partial charge in [0.05, 0.1) is 6.61 Å². The maximum atomic E-state index is 5.97. The molecule has 1 aromatic rings. The fraction of sp³-hybridized carbons (Fsp3) is 0.600. The van der Waals surface area contributed by atoms with Crippen LogP contribution in [-0.4, -0.2) is 31.1 Å². The lowest BCUT2D eigenvalue weighted by molar-refractivity contribution is 0.116. The molecule has 2 unspecified atom stereocenters. The first-order chi connectivity index (χ1) is 8.81. The van der Waals surface area contributed by atoms with Crippen LogP contribution in [0.4, 0.5) is 0 Å². The Morgan fingerprint density at radius 2 is 2.11 bits per heavy atom. The summed E-state index contributed by atoms with van der Waals surface area (Å²) >= 11 is 0. The average Bonchev–Trinajstić information content (AvgIpc) is 3.23. The Morgan fingerprint density at radius 3 is 2.83 bits per heavy atom. The van der Waals surface area contributed by atoms with E-state index in [0.717, 1.165) is 31.2 Å². The van der Waals surface area contributed by atoms with Crippen molar-refractivity contribution in [1.82, 2.24) is 4.90 Å². The number of hydrogen-bond donors (Lipinski definition) is 1. The molecular formula is C15H22N2O. The van der Waals surface area contributed by atoms with Crippen molar-refractivity contribution in [1.29, 1.82) is 0 Å². The lowest BCUT2D eigenvalue weighted by Crippen LogP contribution is -2.43. The van der Waals surface area contributed by atoms with Gasteiger partial charge in [-0.25, -0.2) is 0 Å². The average molecular weight is 246 g/mol. The van der Waals surface area contributed by atoms with Crippen molar-refractivity contribution in [2.75, 3.05) is 20.2 Å². The summed E-state index contributed by atoms with van der Waals surface area (Å²) in [6.07, 6.45) is 3.75. The molecule has 0 radical (unpaired) electrons. The first kappa shape index (κ1) is 12.0. The van der Waals surface area contributed by atoms with Gasteiger partial charge in [0.2, 0.25) is 0 Å². The number of para-hydroxylation sites is 1. The van der Waals surface area contributed by atoms with Gasteiger partial charge in [0.1, 0.15) is 5.75 Å². The van der Waals surface area contributed by atoms with E-state index in [1.165, 1.54) is 18.4 Å². The summed E-state index contributed by atoms with van der Waals surface area (Å²) in [5.74, 6) is 1.86. The molecule has 0 bridgehead atoms. The van der Waals surface area contributed by atoms with Gasteiger partial charge in [-0.15, -0.1) is 0 Å². The smallest absolute Gasteiger partial charge is 0.124 e. The minimum atomic E-state index is 0.462. The predicted octanol–water partition coefficient (Wildman–Crippen LogP) is 2.18. The number of benzene rings is 1. The van der Waals surface area contributed by atoms with Crippen molar-refractivity contribution < 1.29 is 4.74 Å². The molecule has 2 atom stereocenters. The Bertz CT molecular complexity index is 417. The summed E-state index contributed by atoms with van der Waals surface area (Å²) in [6, 6.07) is 9.40. The van der Waals surface area contributed by atoms with Crippen LogP contribution in [0.1, 0.15) is 30.9 Å². The molecule has 1 aromatic carbocycles. The van der Waals surface area contributed by atoms with Gasteiger partial charge in [-0.2, -0.15) is 0 Å². The fourth-order valence-electron chi connectivity index (χ4n) is 3.15. The fourth-order valence-corrected chi connectivity index (χ4v) is 3.15. The lowest BCUT2D eigenvalue weighted by atomic mass is 9.97. The Balaban J connectivity index is 1.84. The van der Waals surface area contributed by atoms with Gasteiger partial charge >= 0.3 is 0 Å². The van der Waals surface area contributed by atoms with Gasteiger partial charge in [-0.1, -0.05) is 18.2 Å². The topological polar surface area (TPSA) is 38.5 Å². The van der Waals surface area contributed by atoms with E-state index < -0.39 is 0 Å². The van der Waals surface area contributed by atoms with Crippen molar-refractivity contribution in [2.24, 2.45) is 11.7 Å². The van der Waals surface area contributed by atoms with Gasteiger partial charge in [-0.3, -0.25) is 4.90 Å². The SMILES string of the molecule is CN(C1CCOc2ccccc21)C(CN)C1CC1. The molecule has 2 N–H and O–H groups in total. The molecule has 18 heavy (non-hydrogen) atoms. The van der Waals surface area contributed by atoms with E-state index in [1.807, 2.05) is 6.07 Å². The summed E-state index contributed by atoms with van der Waals surface area (Å²) in [7, 11) is 2.22. The molecule has 1 aliphatic carbocycles. The van der Waals surface area contributed by atoms with E-state index in [-0.39, 0.29) is 0 Å². The number of ether oxygens (including phenoxy) is 1. The second-order valence-corrected chi connectivity index (χ2v) is 5.50. The Morgan fingerprint density at radius 1 is 1.33 bits per heavy atom. The molecular weight excluding hydrogens is 224 g/mol. The standard InChI is InChI=1S/C15H22N2O/c1-17(14(10-16)11-6-7-11)13-8-9-18-15-5-3-2-4-12(13)15/h2-5,11,13-14H,6-10,16H2,1H3. The number of fused-ring (bicyclic) bond motifs is 1. The molecule has 0 spiro atoms. The summed E-state index contributed by atoms with van der Waals surface area (Å²) in [6.45, 7) is 1.58. The van der Waals surface area contributed by atoms with Gasteiger partial charge in [0.15, 0.2) is 0 Å². The molecule has 0 saturated heterocycles. The van der Waals surface area contributed by atoms with E-state index in [2.05, 4.69) is 30.1 Å². The van der Waals surface area contributed by atoms with Crippen LogP contribution in [0, 0.1) is 5.92 Å². The molecule has 1 saturated carbocycles. The van der Waals surface area contributed by atoms with Crippen LogP contribution in [0.2, 0.25) is 0 Å². The lowest BCUT2D eigenvalue weighted by Gasteiger charge is -2.38. The Labute approximate surface area is 109 Å². The van der Waals surface area contributed by atoms with Crippen LogP contribution < -0.4 is 10.5 Å². The predicted molar refractivity (Wildman–Crippen MR) is 72.6 cm³/mol. The molecule has 0 amide bonds. The van der Waals surface area contributed by atoms with Crippen LogP contribution in [-0.2, 0) is 0 Å². The summed E-state index contributed by atoms with van der Waals surface area (Å²) < 4.78 is 5.74. The maximum Gasteiger partial charge on any atom is 0.124 e. The van der Waals surface area contributed by atoms with E-state index in [1.54, 1.807) is 0 Å². The molecule has 1 fully saturated rings. The number of likely N-dealkylation sites (N-methyl/N-ethyl adjacent to an activating group) is 1. The van der Waals surface area contributed by atoms with E-state index in [4.69, 9.17) is 10.5 Å². The van der Waals surface area contributed by atoms with Crippen LogP contribution in [0.25, 0.3) is 0 Å². The molecule has 1 heterocycles. The van der Waals surface area contributed by atoms with E-state index in [0.29, 0.717) is 12.1 Å². The van der Waals surface area contributed by atoms with E-state index in [9.17, 15) is 0 Å². The zero-order chi connectivity index (χ0) is 12.5. The van der Waals surface area contributed by atoms with Crippen molar-refractivity contribution in [3.8, 4) is 5.75 Å². The van der Waals surface area contributed by atoms with Gasteiger partial charge in [-0.05, 0) is 31.9 Å². The number of rotatable bonds is 4. The quantitative estimate of drug-likeness (QED) is 0.885. The Hall–Kier alpha value is -1.06. The number of hydrogen-bond acceptors (Lipinski definition) is 3. The highest BCUT2D eigenvalue weighted by molar-refractivity contribution is 5.37.